The SMILES string of the molecule is CCOc1c(Cl)cc(/C=C/C(=O)NCCCN2CCCC(C(N)=O)C2)cc1OC. The van der Waals surface area contributed by atoms with Crippen LogP contribution in [0.1, 0.15) is 31.7 Å². The molecule has 1 unspecified atom stereocenters. The van der Waals surface area contributed by atoms with Crippen molar-refractivity contribution in [2.45, 2.75) is 26.2 Å². The summed E-state index contributed by atoms with van der Waals surface area (Å²) < 4.78 is 10.8. The van der Waals surface area contributed by atoms with E-state index in [1.807, 2.05) is 6.92 Å². The molecule has 0 saturated carbocycles. The summed E-state index contributed by atoms with van der Waals surface area (Å²) in [4.78, 5) is 25.6. The third-order valence-corrected chi connectivity index (χ3v) is 5.11. The molecule has 0 aliphatic carbocycles. The minimum atomic E-state index is -0.223. The summed E-state index contributed by atoms with van der Waals surface area (Å²) in [6.45, 7) is 5.43. The summed E-state index contributed by atoms with van der Waals surface area (Å²) in [5.41, 5.74) is 6.15. The van der Waals surface area contributed by atoms with E-state index in [-0.39, 0.29) is 17.7 Å². The van der Waals surface area contributed by atoms with Gasteiger partial charge in [0, 0.05) is 19.2 Å². The molecule has 7 nitrogen and oxygen atoms in total. The number of ether oxygens (including phenoxy) is 2. The molecule has 160 valence electrons. The highest BCUT2D eigenvalue weighted by molar-refractivity contribution is 6.32. The highest BCUT2D eigenvalue weighted by Gasteiger charge is 2.23. The van der Waals surface area contributed by atoms with Crippen molar-refractivity contribution in [1.29, 1.82) is 0 Å². The number of likely N-dealkylation sites (tertiary alicyclic amines) is 1. The van der Waals surface area contributed by atoms with Gasteiger partial charge in [0.05, 0.1) is 24.7 Å². The van der Waals surface area contributed by atoms with Gasteiger partial charge in [0.1, 0.15) is 0 Å². The van der Waals surface area contributed by atoms with E-state index in [2.05, 4.69) is 10.2 Å². The van der Waals surface area contributed by atoms with Crippen LogP contribution in [0.3, 0.4) is 0 Å². The van der Waals surface area contributed by atoms with E-state index in [4.69, 9.17) is 26.8 Å². The van der Waals surface area contributed by atoms with E-state index in [1.54, 1.807) is 25.3 Å². The first kappa shape index (κ1) is 23.0. The van der Waals surface area contributed by atoms with Crippen LogP contribution >= 0.6 is 11.6 Å². The Morgan fingerprint density at radius 1 is 1.41 bits per heavy atom. The van der Waals surface area contributed by atoms with E-state index < -0.39 is 0 Å². The Labute approximate surface area is 177 Å². The summed E-state index contributed by atoms with van der Waals surface area (Å²) in [6, 6.07) is 3.50. The van der Waals surface area contributed by atoms with E-state index in [1.165, 1.54) is 6.08 Å². The minimum Gasteiger partial charge on any atom is -0.493 e. The predicted octanol–water partition coefficient (Wildman–Crippen LogP) is 2.46. The van der Waals surface area contributed by atoms with Crippen molar-refractivity contribution in [3.8, 4) is 11.5 Å². The first-order valence-electron chi connectivity index (χ1n) is 9.92. The van der Waals surface area contributed by atoms with Crippen molar-refractivity contribution in [3.05, 3.63) is 28.8 Å². The van der Waals surface area contributed by atoms with Gasteiger partial charge < -0.3 is 25.4 Å². The number of hydrogen-bond donors (Lipinski definition) is 2. The lowest BCUT2D eigenvalue weighted by molar-refractivity contribution is -0.123. The normalized spacial score (nSPS) is 17.3. The van der Waals surface area contributed by atoms with Crippen molar-refractivity contribution in [3.63, 3.8) is 0 Å². The van der Waals surface area contributed by atoms with Crippen molar-refractivity contribution in [2.75, 3.05) is 39.9 Å². The van der Waals surface area contributed by atoms with E-state index in [9.17, 15) is 9.59 Å². The number of nitrogens with two attached hydrogens (primary N) is 1. The smallest absolute Gasteiger partial charge is 0.243 e. The Bertz CT molecular complexity index is 739. The number of halogens is 1. The van der Waals surface area contributed by atoms with Gasteiger partial charge in [-0.15, -0.1) is 0 Å². The standard InChI is InChI=1S/C21H30ClN3O4/c1-3-29-20-17(22)12-15(13-18(20)28-2)7-8-19(26)24-9-5-11-25-10-4-6-16(14-25)21(23)27/h7-8,12-13,16H,3-6,9-11,14H2,1-2H3,(H2,23,27)(H,24,26)/b8-7+. The number of amides is 2. The third-order valence-electron chi connectivity index (χ3n) is 4.83. The highest BCUT2D eigenvalue weighted by Crippen LogP contribution is 2.36. The maximum atomic E-state index is 12.1. The molecule has 1 aromatic carbocycles. The van der Waals surface area contributed by atoms with Crippen LogP contribution in [0.2, 0.25) is 5.02 Å². The van der Waals surface area contributed by atoms with Crippen LogP contribution in [0.4, 0.5) is 0 Å². The fourth-order valence-electron chi connectivity index (χ4n) is 3.36. The summed E-state index contributed by atoms with van der Waals surface area (Å²) >= 11 is 6.24. The Hall–Kier alpha value is -2.25. The van der Waals surface area contributed by atoms with Crippen LogP contribution in [0.15, 0.2) is 18.2 Å². The van der Waals surface area contributed by atoms with Crippen LogP contribution in [0.25, 0.3) is 6.08 Å². The number of benzene rings is 1. The van der Waals surface area contributed by atoms with E-state index in [0.717, 1.165) is 37.9 Å². The Morgan fingerprint density at radius 3 is 2.90 bits per heavy atom. The maximum absolute atomic E-state index is 12.1. The summed E-state index contributed by atoms with van der Waals surface area (Å²) in [6.07, 6.45) is 5.81. The second kappa shape index (κ2) is 11.7. The summed E-state index contributed by atoms with van der Waals surface area (Å²) in [5.74, 6) is 0.561. The topological polar surface area (TPSA) is 93.9 Å². The molecule has 2 rings (SSSR count). The number of rotatable bonds is 10. The van der Waals surface area contributed by atoms with Crippen LogP contribution in [0, 0.1) is 5.92 Å². The second-order valence-electron chi connectivity index (χ2n) is 6.99. The van der Waals surface area contributed by atoms with Gasteiger partial charge in [-0.05, 0) is 63.0 Å². The molecule has 1 fully saturated rings. The van der Waals surface area contributed by atoms with Gasteiger partial charge in [-0.2, -0.15) is 0 Å². The van der Waals surface area contributed by atoms with Crippen LogP contribution in [-0.2, 0) is 9.59 Å². The molecule has 29 heavy (non-hydrogen) atoms. The zero-order valence-corrected chi connectivity index (χ0v) is 17.8. The summed E-state index contributed by atoms with van der Waals surface area (Å²) in [5, 5.41) is 3.30. The lowest BCUT2D eigenvalue weighted by atomic mass is 9.97. The van der Waals surface area contributed by atoms with Crippen molar-refractivity contribution < 1.29 is 19.1 Å². The van der Waals surface area contributed by atoms with Gasteiger partial charge in [0.2, 0.25) is 11.8 Å². The zero-order chi connectivity index (χ0) is 21.2. The molecule has 1 aliphatic heterocycles. The summed E-state index contributed by atoms with van der Waals surface area (Å²) in [7, 11) is 1.54. The molecule has 3 N–H and O–H groups in total. The molecule has 8 heteroatoms. The van der Waals surface area contributed by atoms with Gasteiger partial charge in [0.25, 0.3) is 0 Å². The van der Waals surface area contributed by atoms with Crippen LogP contribution in [0.5, 0.6) is 11.5 Å². The molecule has 0 spiro atoms. The van der Waals surface area contributed by atoms with Crippen molar-refractivity contribution in [1.82, 2.24) is 10.2 Å². The zero-order valence-electron chi connectivity index (χ0n) is 17.1. The number of methoxy groups -OCH3 is 1. The number of piperidine rings is 1. The molecule has 0 bridgehead atoms. The van der Waals surface area contributed by atoms with Crippen molar-refractivity contribution in [2.24, 2.45) is 11.7 Å². The van der Waals surface area contributed by atoms with Gasteiger partial charge in [0.15, 0.2) is 11.5 Å². The molecule has 0 aromatic heterocycles. The first-order chi connectivity index (χ1) is 13.9. The molecule has 1 aromatic rings. The molecular weight excluding hydrogens is 394 g/mol. The number of nitrogens with one attached hydrogen (secondary N) is 1. The fourth-order valence-corrected chi connectivity index (χ4v) is 3.63. The quantitative estimate of drug-likeness (QED) is 0.445. The van der Waals surface area contributed by atoms with Crippen LogP contribution in [-0.4, -0.2) is 56.6 Å². The molecule has 1 saturated heterocycles. The number of primary amides is 1. The van der Waals surface area contributed by atoms with Gasteiger partial charge in [-0.3, -0.25) is 9.59 Å². The second-order valence-corrected chi connectivity index (χ2v) is 7.39. The van der Waals surface area contributed by atoms with Gasteiger partial charge >= 0.3 is 0 Å². The Balaban J connectivity index is 1.78. The van der Waals surface area contributed by atoms with Gasteiger partial charge in [-0.25, -0.2) is 0 Å². The van der Waals surface area contributed by atoms with Gasteiger partial charge in [-0.1, -0.05) is 11.6 Å². The number of carbonyl (C=O) groups excluding carboxylic acids is 2. The third kappa shape index (κ3) is 7.25. The lowest BCUT2D eigenvalue weighted by Crippen LogP contribution is -2.42. The van der Waals surface area contributed by atoms with E-state index >= 15 is 0 Å². The average Bonchev–Trinajstić information content (AvgIpc) is 2.71. The Morgan fingerprint density at radius 2 is 2.21 bits per heavy atom. The van der Waals surface area contributed by atoms with Crippen LogP contribution < -0.4 is 20.5 Å². The molecule has 1 aliphatic rings. The number of hydrogen-bond acceptors (Lipinski definition) is 5. The lowest BCUT2D eigenvalue weighted by Gasteiger charge is -2.31. The maximum Gasteiger partial charge on any atom is 0.243 e. The largest absolute Gasteiger partial charge is 0.493 e. The number of nitrogens with zero attached hydrogens (tertiary/aromatic N) is 1. The van der Waals surface area contributed by atoms with Crippen molar-refractivity contribution >= 4 is 29.5 Å². The highest BCUT2D eigenvalue weighted by atomic mass is 35.5. The monoisotopic (exact) mass is 423 g/mol. The molecule has 0 radical (unpaired) electrons. The minimum absolute atomic E-state index is 0.0563. The Kier molecular flexibility index (Phi) is 9.28. The first-order valence-corrected chi connectivity index (χ1v) is 10.3. The molecule has 1 heterocycles. The molecule has 2 amide bonds. The predicted molar refractivity (Wildman–Crippen MR) is 114 cm³/mol. The molecular formula is C21H30ClN3O4. The number of carbonyl (C=O) groups is 2. The molecule has 1 atom stereocenters. The average molecular weight is 424 g/mol. The van der Waals surface area contributed by atoms with E-state index in [0.29, 0.717) is 36.2 Å². The fraction of sp³-hybridized carbons (Fsp3) is 0.524.